The lowest BCUT2D eigenvalue weighted by molar-refractivity contribution is 0.123. The van der Waals surface area contributed by atoms with E-state index in [1.807, 2.05) is 0 Å². The van der Waals surface area contributed by atoms with E-state index in [9.17, 15) is 8.78 Å². The van der Waals surface area contributed by atoms with E-state index < -0.39 is 5.82 Å². The molecule has 0 aromatic heterocycles. The number of nitrogens with one attached hydrogen (secondary N) is 1. The van der Waals surface area contributed by atoms with Crippen LogP contribution in [0, 0.1) is 11.6 Å². The van der Waals surface area contributed by atoms with Crippen molar-refractivity contribution < 1.29 is 13.5 Å². The lowest BCUT2D eigenvalue weighted by atomic mass is 9.98. The quantitative estimate of drug-likeness (QED) is 0.803. The molecule has 0 spiro atoms. The van der Waals surface area contributed by atoms with E-state index in [0.717, 1.165) is 0 Å². The Balaban J connectivity index is 2.61. The van der Waals surface area contributed by atoms with Gasteiger partial charge in [0.25, 0.3) is 0 Å². The second-order valence-electron chi connectivity index (χ2n) is 3.71. The molecule has 1 aliphatic rings. The van der Waals surface area contributed by atoms with Crippen molar-refractivity contribution in [2.75, 3.05) is 20.3 Å². The third kappa shape index (κ3) is 1.99. The summed E-state index contributed by atoms with van der Waals surface area (Å²) in [6.45, 7) is 0.777. The monoisotopic (exact) mass is 291 g/mol. The molecule has 88 valence electrons. The average Bonchev–Trinajstić information content (AvgIpc) is 2.48. The van der Waals surface area contributed by atoms with E-state index in [1.165, 1.54) is 6.07 Å². The smallest absolute Gasteiger partial charge is 0.142 e. The summed E-state index contributed by atoms with van der Waals surface area (Å²) in [6.07, 6.45) is 0.406. The number of halogens is 3. The van der Waals surface area contributed by atoms with Gasteiger partial charge in [-0.05, 0) is 41.0 Å². The highest BCUT2D eigenvalue weighted by Crippen LogP contribution is 2.31. The van der Waals surface area contributed by atoms with E-state index in [0.29, 0.717) is 30.8 Å². The first-order valence-corrected chi connectivity index (χ1v) is 5.85. The number of fused-ring (bicyclic) bond motifs is 1. The summed E-state index contributed by atoms with van der Waals surface area (Å²) in [4.78, 5) is 0. The van der Waals surface area contributed by atoms with E-state index in [1.54, 1.807) is 7.05 Å². The predicted octanol–water partition coefficient (Wildman–Crippen LogP) is 2.56. The Morgan fingerprint density at radius 1 is 1.50 bits per heavy atom. The van der Waals surface area contributed by atoms with Crippen LogP contribution in [0.2, 0.25) is 0 Å². The van der Waals surface area contributed by atoms with Gasteiger partial charge in [0, 0.05) is 5.56 Å². The second kappa shape index (κ2) is 4.77. The Morgan fingerprint density at radius 2 is 2.25 bits per heavy atom. The summed E-state index contributed by atoms with van der Waals surface area (Å²) in [5.41, 5.74) is 0.796. The Bertz CT molecular complexity index is 411. The Morgan fingerprint density at radius 3 is 2.94 bits per heavy atom. The van der Waals surface area contributed by atoms with Gasteiger partial charge in [0.2, 0.25) is 0 Å². The van der Waals surface area contributed by atoms with Gasteiger partial charge in [-0.1, -0.05) is 0 Å². The molecule has 1 heterocycles. The number of rotatable bonds is 1. The molecule has 0 saturated heterocycles. The van der Waals surface area contributed by atoms with E-state index >= 15 is 0 Å². The summed E-state index contributed by atoms with van der Waals surface area (Å²) in [5.74, 6) is -0.782. The fourth-order valence-corrected chi connectivity index (χ4v) is 2.37. The van der Waals surface area contributed by atoms with E-state index in [2.05, 4.69) is 21.2 Å². The van der Waals surface area contributed by atoms with Crippen LogP contribution in [0.5, 0.6) is 0 Å². The number of ether oxygens (including phenoxy) is 1. The van der Waals surface area contributed by atoms with Crippen molar-refractivity contribution in [2.24, 2.45) is 0 Å². The van der Waals surface area contributed by atoms with Crippen LogP contribution >= 0.6 is 15.9 Å². The number of benzene rings is 1. The van der Waals surface area contributed by atoms with Gasteiger partial charge in [-0.3, -0.25) is 0 Å². The van der Waals surface area contributed by atoms with Crippen LogP contribution in [0.4, 0.5) is 8.78 Å². The van der Waals surface area contributed by atoms with Crippen LogP contribution in [0.25, 0.3) is 0 Å². The summed E-state index contributed by atoms with van der Waals surface area (Å²) in [6, 6.07) is 0.871. The molecule has 1 aliphatic heterocycles. The molecule has 1 aromatic rings. The van der Waals surface area contributed by atoms with Crippen LogP contribution < -0.4 is 5.32 Å². The topological polar surface area (TPSA) is 21.3 Å². The Labute approximate surface area is 101 Å². The molecule has 0 bridgehead atoms. The van der Waals surface area contributed by atoms with Gasteiger partial charge < -0.3 is 10.1 Å². The molecular weight excluding hydrogens is 280 g/mol. The van der Waals surface area contributed by atoms with Crippen molar-refractivity contribution in [3.8, 4) is 0 Å². The zero-order valence-corrected chi connectivity index (χ0v) is 10.4. The lowest BCUT2D eigenvalue weighted by Crippen LogP contribution is -2.22. The van der Waals surface area contributed by atoms with Crippen LogP contribution in [0.15, 0.2) is 10.5 Å². The maximum absolute atomic E-state index is 14.0. The van der Waals surface area contributed by atoms with E-state index in [-0.39, 0.29) is 16.3 Å². The largest absolute Gasteiger partial charge is 0.379 e. The number of likely N-dealkylation sites (N-methyl/N-ethyl adjacent to an activating group) is 1. The maximum atomic E-state index is 14.0. The highest BCUT2D eigenvalue weighted by molar-refractivity contribution is 9.10. The van der Waals surface area contributed by atoms with Gasteiger partial charge in [0.1, 0.15) is 11.6 Å². The minimum absolute atomic E-state index is 0.158. The molecule has 0 fully saturated rings. The molecule has 1 unspecified atom stereocenters. The van der Waals surface area contributed by atoms with Crippen molar-refractivity contribution in [1.29, 1.82) is 0 Å². The third-order valence-electron chi connectivity index (χ3n) is 2.79. The summed E-state index contributed by atoms with van der Waals surface area (Å²) in [5, 5.41) is 2.94. The first kappa shape index (κ1) is 12.0. The van der Waals surface area contributed by atoms with Crippen molar-refractivity contribution in [1.82, 2.24) is 5.32 Å². The first-order valence-electron chi connectivity index (χ1n) is 5.06. The van der Waals surface area contributed by atoms with Gasteiger partial charge in [-0.2, -0.15) is 0 Å². The summed E-state index contributed by atoms with van der Waals surface area (Å²) >= 11 is 3.02. The maximum Gasteiger partial charge on any atom is 0.142 e. The zero-order valence-electron chi connectivity index (χ0n) is 8.82. The second-order valence-corrected chi connectivity index (χ2v) is 4.57. The molecule has 1 N–H and O–H groups in total. The van der Waals surface area contributed by atoms with Gasteiger partial charge in [-0.25, -0.2) is 8.78 Å². The number of hydrogen-bond donors (Lipinski definition) is 1. The first-order chi connectivity index (χ1) is 7.65. The van der Waals surface area contributed by atoms with Gasteiger partial charge in [0.05, 0.1) is 23.7 Å². The minimum atomic E-state index is -0.402. The molecule has 2 nitrogen and oxygen atoms in total. The minimum Gasteiger partial charge on any atom is -0.379 e. The Hall–Kier alpha value is -0.520. The predicted molar refractivity (Wildman–Crippen MR) is 60.4 cm³/mol. The fourth-order valence-electron chi connectivity index (χ4n) is 1.96. The normalized spacial score (nSPS) is 20.4. The molecule has 5 heteroatoms. The molecule has 0 amide bonds. The average molecular weight is 292 g/mol. The summed E-state index contributed by atoms with van der Waals surface area (Å²) < 4.78 is 33.2. The van der Waals surface area contributed by atoms with Crippen LogP contribution in [-0.2, 0) is 11.2 Å². The van der Waals surface area contributed by atoms with Gasteiger partial charge >= 0.3 is 0 Å². The Kier molecular flexibility index (Phi) is 3.56. The molecule has 1 atom stereocenters. The summed E-state index contributed by atoms with van der Waals surface area (Å²) in [7, 11) is 1.71. The van der Waals surface area contributed by atoms with Gasteiger partial charge in [0.15, 0.2) is 0 Å². The molecule has 0 saturated carbocycles. The highest BCUT2D eigenvalue weighted by Gasteiger charge is 2.25. The molecule has 16 heavy (non-hydrogen) atoms. The SMILES string of the molecule is CNC1COCCc2c(F)cc(Br)c(F)c21. The van der Waals surface area contributed by atoms with Crippen LogP contribution in [0.3, 0.4) is 0 Å². The van der Waals surface area contributed by atoms with Crippen molar-refractivity contribution in [3.05, 3.63) is 33.3 Å². The molecule has 2 rings (SSSR count). The molecular formula is C11H12BrF2NO. The highest BCUT2D eigenvalue weighted by atomic mass is 79.9. The third-order valence-corrected chi connectivity index (χ3v) is 3.37. The van der Waals surface area contributed by atoms with Crippen molar-refractivity contribution in [3.63, 3.8) is 0 Å². The van der Waals surface area contributed by atoms with Crippen LogP contribution in [0.1, 0.15) is 17.2 Å². The lowest BCUT2D eigenvalue weighted by Gasteiger charge is -2.18. The molecule has 1 aromatic carbocycles. The zero-order chi connectivity index (χ0) is 11.7. The van der Waals surface area contributed by atoms with Crippen molar-refractivity contribution in [2.45, 2.75) is 12.5 Å². The van der Waals surface area contributed by atoms with E-state index in [4.69, 9.17) is 4.74 Å². The molecule has 0 radical (unpaired) electrons. The fraction of sp³-hybridized carbons (Fsp3) is 0.455. The standard InChI is InChI=1S/C11H12BrF2NO/c1-15-9-5-16-3-2-6-8(13)4-7(12)11(14)10(6)9/h4,9,15H,2-3,5H2,1H3. The van der Waals surface area contributed by atoms with Crippen LogP contribution in [-0.4, -0.2) is 20.3 Å². The van der Waals surface area contributed by atoms with Gasteiger partial charge in [-0.15, -0.1) is 0 Å². The number of hydrogen-bond acceptors (Lipinski definition) is 2. The van der Waals surface area contributed by atoms with Crippen molar-refractivity contribution >= 4 is 15.9 Å². The molecule has 0 aliphatic carbocycles.